The number of hydrogen-bond donors (Lipinski definition) is 2. The van der Waals surface area contributed by atoms with Gasteiger partial charge in [0.2, 0.25) is 0 Å². The average Bonchev–Trinajstić information content (AvgIpc) is 2.95. The summed E-state index contributed by atoms with van der Waals surface area (Å²) in [4.78, 5) is 22.4. The van der Waals surface area contributed by atoms with E-state index in [-0.39, 0.29) is 24.0 Å². The zero-order valence-corrected chi connectivity index (χ0v) is 15.5. The lowest BCUT2D eigenvalue weighted by atomic mass is 9.91. The molecule has 1 aliphatic rings. The lowest BCUT2D eigenvalue weighted by Gasteiger charge is -2.13. The lowest BCUT2D eigenvalue weighted by molar-refractivity contribution is -0.136. The smallest absolute Gasteiger partial charge is 0.303 e. The van der Waals surface area contributed by atoms with E-state index < -0.39 is 12.1 Å². The minimum Gasteiger partial charge on any atom is -0.481 e. The van der Waals surface area contributed by atoms with Gasteiger partial charge in [0.1, 0.15) is 0 Å². The van der Waals surface area contributed by atoms with Crippen LogP contribution in [0, 0.1) is 11.8 Å². The van der Waals surface area contributed by atoms with Crippen molar-refractivity contribution in [1.82, 2.24) is 0 Å². The Morgan fingerprint density at radius 2 is 1.96 bits per heavy atom. The van der Waals surface area contributed by atoms with Gasteiger partial charge in [-0.15, -0.1) is 0 Å². The summed E-state index contributed by atoms with van der Waals surface area (Å²) in [5, 5.41) is 18.5. The molecule has 26 heavy (non-hydrogen) atoms. The van der Waals surface area contributed by atoms with Crippen molar-refractivity contribution in [2.45, 2.75) is 51.6 Å². The Hall–Kier alpha value is -2.20. The van der Waals surface area contributed by atoms with E-state index in [4.69, 9.17) is 5.11 Å². The van der Waals surface area contributed by atoms with E-state index in [0.29, 0.717) is 12.8 Å². The van der Waals surface area contributed by atoms with Gasteiger partial charge in [0.15, 0.2) is 5.78 Å². The van der Waals surface area contributed by atoms with Crippen LogP contribution in [0.4, 0.5) is 0 Å². The standard InChI is InChI=1S/C22H30O4/c1-2-3-8-12-19(23)15-16-20-18(14-17-21(20)24)11-9-6-4-5-7-10-13-22(25)26/h3,5-9,14-20,23H,2,4,10-13H2,1H3,(H,25,26)/b7-5-,8-3-,9-6-,16-15+/t18-,19+,20+/m0/s1. The van der Waals surface area contributed by atoms with Gasteiger partial charge in [0, 0.05) is 12.3 Å². The molecule has 0 heterocycles. The van der Waals surface area contributed by atoms with Gasteiger partial charge in [0.25, 0.3) is 0 Å². The van der Waals surface area contributed by atoms with E-state index >= 15 is 0 Å². The number of aliphatic carboxylic acids is 1. The topological polar surface area (TPSA) is 74.6 Å². The maximum Gasteiger partial charge on any atom is 0.303 e. The fraction of sp³-hybridized carbons (Fsp3) is 0.455. The summed E-state index contributed by atoms with van der Waals surface area (Å²) in [5.74, 6) is -0.766. The van der Waals surface area contributed by atoms with Gasteiger partial charge in [-0.25, -0.2) is 0 Å². The third-order valence-electron chi connectivity index (χ3n) is 4.16. The molecule has 142 valence electrons. The molecular formula is C22H30O4. The first kappa shape index (κ1) is 21.8. The number of carboxylic acids is 1. The minimum atomic E-state index is -0.784. The van der Waals surface area contributed by atoms with E-state index in [1.807, 2.05) is 49.5 Å². The van der Waals surface area contributed by atoms with Crippen LogP contribution < -0.4 is 0 Å². The maximum absolute atomic E-state index is 12.0. The van der Waals surface area contributed by atoms with Crippen LogP contribution in [-0.2, 0) is 9.59 Å². The highest BCUT2D eigenvalue weighted by atomic mass is 16.4. The van der Waals surface area contributed by atoms with Crippen molar-refractivity contribution in [3.63, 3.8) is 0 Å². The molecule has 1 aliphatic carbocycles. The Balaban J connectivity index is 2.39. The van der Waals surface area contributed by atoms with Gasteiger partial charge in [-0.2, -0.15) is 0 Å². The van der Waals surface area contributed by atoms with Gasteiger partial charge in [0.05, 0.1) is 6.10 Å². The first-order chi connectivity index (χ1) is 12.5. The van der Waals surface area contributed by atoms with Crippen molar-refractivity contribution in [2.75, 3.05) is 0 Å². The summed E-state index contributed by atoms with van der Waals surface area (Å²) in [5.41, 5.74) is 0. The Labute approximate surface area is 156 Å². The molecule has 4 heteroatoms. The zero-order valence-electron chi connectivity index (χ0n) is 15.5. The SMILES string of the molecule is CC/C=C\C[C@@H](O)/C=C/[C@H]1C(=O)C=C[C@@H]1C/C=C\C/C=C\CCC(=O)O. The van der Waals surface area contributed by atoms with Crippen molar-refractivity contribution >= 4 is 11.8 Å². The molecule has 0 spiro atoms. The lowest BCUT2D eigenvalue weighted by Crippen LogP contribution is -2.14. The van der Waals surface area contributed by atoms with Crippen LogP contribution in [-0.4, -0.2) is 28.1 Å². The molecule has 0 aromatic rings. The Morgan fingerprint density at radius 1 is 1.19 bits per heavy atom. The molecule has 2 N–H and O–H groups in total. The second-order valence-electron chi connectivity index (χ2n) is 6.37. The molecule has 0 aliphatic heterocycles. The second-order valence-corrected chi connectivity index (χ2v) is 6.37. The van der Waals surface area contributed by atoms with Gasteiger partial charge in [-0.05, 0) is 44.1 Å². The molecule has 4 nitrogen and oxygen atoms in total. The molecule has 0 unspecified atom stereocenters. The molecule has 0 aromatic heterocycles. The molecule has 0 amide bonds. The van der Waals surface area contributed by atoms with Crippen LogP contribution in [0.1, 0.15) is 45.4 Å². The van der Waals surface area contributed by atoms with Crippen LogP contribution in [0.25, 0.3) is 0 Å². The third kappa shape index (κ3) is 9.33. The molecule has 0 fully saturated rings. The fourth-order valence-electron chi connectivity index (χ4n) is 2.70. The van der Waals surface area contributed by atoms with Crippen LogP contribution in [0.3, 0.4) is 0 Å². The Morgan fingerprint density at radius 3 is 2.69 bits per heavy atom. The fourth-order valence-corrected chi connectivity index (χ4v) is 2.70. The molecule has 0 saturated carbocycles. The van der Waals surface area contributed by atoms with Gasteiger partial charge < -0.3 is 10.2 Å². The van der Waals surface area contributed by atoms with Crippen molar-refractivity contribution in [1.29, 1.82) is 0 Å². The number of ketones is 1. The number of allylic oxidation sites excluding steroid dienone is 8. The van der Waals surface area contributed by atoms with Crippen LogP contribution in [0.2, 0.25) is 0 Å². The first-order valence-electron chi connectivity index (χ1n) is 9.29. The van der Waals surface area contributed by atoms with E-state index in [1.165, 1.54) is 0 Å². The van der Waals surface area contributed by atoms with Crippen LogP contribution in [0.5, 0.6) is 0 Å². The summed E-state index contributed by atoms with van der Waals surface area (Å²) in [6, 6.07) is 0. The summed E-state index contributed by atoms with van der Waals surface area (Å²) in [6.45, 7) is 2.05. The summed E-state index contributed by atoms with van der Waals surface area (Å²) >= 11 is 0. The zero-order chi connectivity index (χ0) is 19.2. The normalized spacial score (nSPS) is 21.8. The van der Waals surface area contributed by atoms with E-state index in [2.05, 4.69) is 6.08 Å². The minimum absolute atomic E-state index is 0.0875. The molecule has 0 aromatic carbocycles. The molecule has 1 rings (SSSR count). The largest absolute Gasteiger partial charge is 0.481 e. The predicted molar refractivity (Wildman–Crippen MR) is 105 cm³/mol. The second kappa shape index (κ2) is 13.1. The number of rotatable bonds is 12. The predicted octanol–water partition coefficient (Wildman–Crippen LogP) is 4.39. The highest BCUT2D eigenvalue weighted by molar-refractivity contribution is 5.95. The molecule has 0 radical (unpaired) electrons. The van der Waals surface area contributed by atoms with E-state index in [0.717, 1.165) is 19.3 Å². The van der Waals surface area contributed by atoms with E-state index in [1.54, 1.807) is 12.2 Å². The molecular weight excluding hydrogens is 328 g/mol. The van der Waals surface area contributed by atoms with Crippen molar-refractivity contribution < 1.29 is 19.8 Å². The first-order valence-corrected chi connectivity index (χ1v) is 9.29. The van der Waals surface area contributed by atoms with Gasteiger partial charge in [-0.1, -0.05) is 61.6 Å². The number of carbonyl (C=O) groups excluding carboxylic acids is 1. The number of carboxylic acid groups (broad SMARTS) is 1. The number of aliphatic hydroxyl groups is 1. The van der Waals surface area contributed by atoms with Gasteiger partial charge >= 0.3 is 5.97 Å². The Bertz CT molecular complexity index is 581. The summed E-state index contributed by atoms with van der Waals surface area (Å²) < 4.78 is 0. The highest BCUT2D eigenvalue weighted by Gasteiger charge is 2.26. The highest BCUT2D eigenvalue weighted by Crippen LogP contribution is 2.27. The number of carbonyl (C=O) groups is 2. The summed E-state index contributed by atoms with van der Waals surface area (Å²) in [6.07, 6.45) is 22.2. The summed E-state index contributed by atoms with van der Waals surface area (Å²) in [7, 11) is 0. The van der Waals surface area contributed by atoms with Crippen molar-refractivity contribution in [2.24, 2.45) is 11.8 Å². The molecule has 3 atom stereocenters. The van der Waals surface area contributed by atoms with Crippen molar-refractivity contribution in [3.05, 3.63) is 60.8 Å². The Kier molecular flexibility index (Phi) is 11.0. The third-order valence-corrected chi connectivity index (χ3v) is 4.16. The van der Waals surface area contributed by atoms with Crippen molar-refractivity contribution in [3.8, 4) is 0 Å². The average molecular weight is 358 g/mol. The van der Waals surface area contributed by atoms with E-state index in [9.17, 15) is 14.7 Å². The maximum atomic E-state index is 12.0. The molecule has 0 saturated heterocycles. The number of hydrogen-bond acceptors (Lipinski definition) is 3. The van der Waals surface area contributed by atoms with Crippen LogP contribution >= 0.6 is 0 Å². The van der Waals surface area contributed by atoms with Gasteiger partial charge in [-0.3, -0.25) is 9.59 Å². The molecule has 0 bridgehead atoms. The van der Waals surface area contributed by atoms with Crippen LogP contribution in [0.15, 0.2) is 60.8 Å². The number of aliphatic hydroxyl groups excluding tert-OH is 1. The quantitative estimate of drug-likeness (QED) is 0.507. The monoisotopic (exact) mass is 358 g/mol.